The van der Waals surface area contributed by atoms with E-state index < -0.39 is 10.8 Å². The van der Waals surface area contributed by atoms with Gasteiger partial charge in [0.1, 0.15) is 0 Å². The highest BCUT2D eigenvalue weighted by molar-refractivity contribution is 7.85. The molecule has 0 saturated carbocycles. The first-order valence-corrected chi connectivity index (χ1v) is 8.72. The first-order valence-electron chi connectivity index (χ1n) is 7.40. The molecule has 0 bridgehead atoms. The van der Waals surface area contributed by atoms with E-state index in [0.29, 0.717) is 5.69 Å². The molecule has 1 aromatic carbocycles. The van der Waals surface area contributed by atoms with E-state index in [1.807, 2.05) is 25.1 Å². The van der Waals surface area contributed by atoms with Crippen molar-refractivity contribution in [1.82, 2.24) is 0 Å². The lowest BCUT2D eigenvalue weighted by atomic mass is 10.1. The van der Waals surface area contributed by atoms with Crippen LogP contribution in [0.1, 0.15) is 57.4 Å². The fourth-order valence-electron chi connectivity index (χ4n) is 2.15. The molecule has 0 spiro atoms. The quantitative estimate of drug-likeness (QED) is 0.537. The van der Waals surface area contributed by atoms with Gasteiger partial charge < -0.3 is 5.73 Å². The lowest BCUT2D eigenvalue weighted by Crippen LogP contribution is -2.03. The van der Waals surface area contributed by atoms with Gasteiger partial charge in [-0.3, -0.25) is 4.21 Å². The molecule has 0 aliphatic rings. The number of nitrogen functional groups attached to an aromatic ring is 1. The zero-order chi connectivity index (χ0) is 14.1. The van der Waals surface area contributed by atoms with E-state index in [-0.39, 0.29) is 0 Å². The number of aryl methyl sites for hydroxylation is 1. The number of para-hydroxylation sites is 1. The van der Waals surface area contributed by atoms with Crippen molar-refractivity contribution in [3.63, 3.8) is 0 Å². The van der Waals surface area contributed by atoms with E-state index in [1.54, 1.807) is 0 Å². The van der Waals surface area contributed by atoms with Gasteiger partial charge in [-0.05, 0) is 25.0 Å². The molecule has 108 valence electrons. The topological polar surface area (TPSA) is 43.1 Å². The first-order chi connectivity index (χ1) is 9.16. The SMILES string of the molecule is CCCCCCCCCS(=O)c1cccc(C)c1N. The summed E-state index contributed by atoms with van der Waals surface area (Å²) in [4.78, 5) is 0.811. The Bertz CT molecular complexity index is 404. The molecule has 0 heterocycles. The minimum atomic E-state index is -0.939. The molecule has 1 aromatic rings. The van der Waals surface area contributed by atoms with Gasteiger partial charge in [-0.15, -0.1) is 0 Å². The molecule has 1 rings (SSSR count). The summed E-state index contributed by atoms with van der Waals surface area (Å²) >= 11 is 0. The van der Waals surface area contributed by atoms with Crippen molar-refractivity contribution < 1.29 is 4.21 Å². The van der Waals surface area contributed by atoms with Gasteiger partial charge in [0.25, 0.3) is 0 Å². The second-order valence-electron chi connectivity index (χ2n) is 5.16. The van der Waals surface area contributed by atoms with Gasteiger partial charge in [0, 0.05) is 5.75 Å². The smallest absolute Gasteiger partial charge is 0.0620 e. The van der Waals surface area contributed by atoms with Gasteiger partial charge in [-0.2, -0.15) is 0 Å². The van der Waals surface area contributed by atoms with Crippen LogP contribution in [-0.2, 0) is 10.8 Å². The van der Waals surface area contributed by atoms with Gasteiger partial charge in [0.15, 0.2) is 0 Å². The molecule has 0 amide bonds. The number of hydrogen-bond acceptors (Lipinski definition) is 2. The van der Waals surface area contributed by atoms with Crippen LogP contribution in [-0.4, -0.2) is 9.96 Å². The van der Waals surface area contributed by atoms with Crippen molar-refractivity contribution in [2.75, 3.05) is 11.5 Å². The summed E-state index contributed by atoms with van der Waals surface area (Å²) in [5.41, 5.74) is 7.69. The van der Waals surface area contributed by atoms with Crippen LogP contribution in [0.4, 0.5) is 5.69 Å². The van der Waals surface area contributed by atoms with Crippen molar-refractivity contribution in [3.8, 4) is 0 Å². The third-order valence-electron chi connectivity index (χ3n) is 3.46. The molecular weight excluding hydrogens is 254 g/mol. The maximum atomic E-state index is 12.2. The first kappa shape index (κ1) is 16.2. The Morgan fingerprint density at radius 3 is 2.37 bits per heavy atom. The minimum absolute atomic E-state index is 0.698. The van der Waals surface area contributed by atoms with Crippen LogP contribution in [0, 0.1) is 6.92 Å². The summed E-state index contributed by atoms with van der Waals surface area (Å²) in [6.07, 6.45) is 8.76. The Labute approximate surface area is 120 Å². The summed E-state index contributed by atoms with van der Waals surface area (Å²) in [6.45, 7) is 4.19. The van der Waals surface area contributed by atoms with E-state index in [0.717, 1.165) is 22.6 Å². The molecule has 19 heavy (non-hydrogen) atoms. The maximum absolute atomic E-state index is 12.2. The number of benzene rings is 1. The predicted molar refractivity (Wildman–Crippen MR) is 84.9 cm³/mol. The summed E-state index contributed by atoms with van der Waals surface area (Å²) < 4.78 is 12.2. The predicted octanol–water partition coefficient (Wildman–Crippen LogP) is 4.44. The largest absolute Gasteiger partial charge is 0.398 e. The van der Waals surface area contributed by atoms with Gasteiger partial charge in [0.2, 0.25) is 0 Å². The molecule has 0 radical (unpaired) electrons. The van der Waals surface area contributed by atoms with Crippen LogP contribution < -0.4 is 5.73 Å². The number of unbranched alkanes of at least 4 members (excludes halogenated alkanes) is 6. The summed E-state index contributed by atoms with van der Waals surface area (Å²) in [7, 11) is -0.939. The zero-order valence-corrected chi connectivity index (χ0v) is 13.1. The van der Waals surface area contributed by atoms with E-state index in [9.17, 15) is 4.21 Å². The normalized spacial score (nSPS) is 12.5. The maximum Gasteiger partial charge on any atom is 0.0620 e. The van der Waals surface area contributed by atoms with Crippen LogP contribution in [0.5, 0.6) is 0 Å². The number of rotatable bonds is 9. The number of anilines is 1. The molecule has 2 nitrogen and oxygen atoms in total. The molecule has 0 aliphatic heterocycles. The van der Waals surface area contributed by atoms with Gasteiger partial charge in [-0.1, -0.05) is 57.6 Å². The molecular formula is C16H27NOS. The second kappa shape index (κ2) is 9.13. The average molecular weight is 281 g/mol. The summed E-state index contributed by atoms with van der Waals surface area (Å²) in [6, 6.07) is 5.78. The Morgan fingerprint density at radius 2 is 1.68 bits per heavy atom. The van der Waals surface area contributed by atoms with Crippen LogP contribution in [0.25, 0.3) is 0 Å². The van der Waals surface area contributed by atoms with Gasteiger partial charge in [0.05, 0.1) is 21.4 Å². The molecule has 0 fully saturated rings. The van der Waals surface area contributed by atoms with Crippen LogP contribution in [0.3, 0.4) is 0 Å². The van der Waals surface area contributed by atoms with Gasteiger partial charge in [-0.25, -0.2) is 0 Å². The standard InChI is InChI=1S/C16H27NOS/c1-3-4-5-6-7-8-9-13-19(18)15-12-10-11-14(2)16(15)17/h10-12H,3-9,13,17H2,1-2H3. The highest BCUT2D eigenvalue weighted by Crippen LogP contribution is 2.21. The van der Waals surface area contributed by atoms with Crippen molar-refractivity contribution in [2.24, 2.45) is 0 Å². The van der Waals surface area contributed by atoms with E-state index in [2.05, 4.69) is 6.92 Å². The highest BCUT2D eigenvalue weighted by atomic mass is 32.2. The summed E-state index contributed by atoms with van der Waals surface area (Å²) in [5, 5.41) is 0. The Kier molecular flexibility index (Phi) is 7.80. The molecule has 1 atom stereocenters. The fourth-order valence-corrected chi connectivity index (χ4v) is 3.48. The number of nitrogens with two attached hydrogens (primary N) is 1. The van der Waals surface area contributed by atoms with Crippen LogP contribution in [0.2, 0.25) is 0 Å². The second-order valence-corrected chi connectivity index (χ2v) is 6.70. The van der Waals surface area contributed by atoms with Crippen molar-refractivity contribution >= 4 is 16.5 Å². The van der Waals surface area contributed by atoms with E-state index in [1.165, 1.54) is 38.5 Å². The zero-order valence-electron chi connectivity index (χ0n) is 12.3. The van der Waals surface area contributed by atoms with Crippen LogP contribution >= 0.6 is 0 Å². The molecule has 0 aliphatic carbocycles. The Morgan fingerprint density at radius 1 is 1.05 bits per heavy atom. The minimum Gasteiger partial charge on any atom is -0.398 e. The van der Waals surface area contributed by atoms with E-state index in [4.69, 9.17) is 5.73 Å². The third kappa shape index (κ3) is 5.77. The summed E-state index contributed by atoms with van der Waals surface area (Å²) in [5.74, 6) is 0.738. The highest BCUT2D eigenvalue weighted by Gasteiger charge is 2.08. The van der Waals surface area contributed by atoms with Crippen molar-refractivity contribution in [3.05, 3.63) is 23.8 Å². The van der Waals surface area contributed by atoms with Crippen molar-refractivity contribution in [1.29, 1.82) is 0 Å². The van der Waals surface area contributed by atoms with Crippen LogP contribution in [0.15, 0.2) is 23.1 Å². The Hall–Kier alpha value is -0.830. The Balaban J connectivity index is 2.26. The average Bonchev–Trinajstić information content (AvgIpc) is 2.40. The molecule has 0 saturated heterocycles. The lowest BCUT2D eigenvalue weighted by molar-refractivity contribution is 0.601. The molecule has 1 unspecified atom stereocenters. The number of hydrogen-bond donors (Lipinski definition) is 1. The molecule has 3 heteroatoms. The molecule has 0 aromatic heterocycles. The lowest BCUT2D eigenvalue weighted by Gasteiger charge is -2.08. The molecule has 2 N–H and O–H groups in total. The fraction of sp³-hybridized carbons (Fsp3) is 0.625. The third-order valence-corrected chi connectivity index (χ3v) is 4.97. The van der Waals surface area contributed by atoms with E-state index >= 15 is 0 Å². The van der Waals surface area contributed by atoms with Gasteiger partial charge >= 0.3 is 0 Å². The van der Waals surface area contributed by atoms with Crippen molar-refractivity contribution in [2.45, 2.75) is 63.7 Å². The monoisotopic (exact) mass is 281 g/mol.